The molecular formula is C16H12ClFN2O. The van der Waals surface area contributed by atoms with E-state index < -0.39 is 0 Å². The molecule has 0 aliphatic rings. The summed E-state index contributed by atoms with van der Waals surface area (Å²) in [6.07, 6.45) is 1.62. The van der Waals surface area contributed by atoms with Crippen molar-refractivity contribution < 1.29 is 9.13 Å². The van der Waals surface area contributed by atoms with Gasteiger partial charge < -0.3 is 10.5 Å². The Kier molecular flexibility index (Phi) is 3.73. The Bertz CT molecular complexity index is 807. The summed E-state index contributed by atoms with van der Waals surface area (Å²) in [5.74, 6) is 0.625. The molecule has 1 heterocycles. The number of rotatable bonds is 3. The first-order chi connectivity index (χ1) is 10.2. The van der Waals surface area contributed by atoms with Crippen molar-refractivity contribution in [2.24, 2.45) is 5.73 Å². The Hall–Kier alpha value is -2.17. The fourth-order valence-electron chi connectivity index (χ4n) is 2.07. The normalized spacial score (nSPS) is 10.8. The van der Waals surface area contributed by atoms with Gasteiger partial charge in [-0.2, -0.15) is 0 Å². The minimum absolute atomic E-state index is 0.156. The smallest absolute Gasteiger partial charge is 0.138 e. The zero-order valence-electron chi connectivity index (χ0n) is 11.0. The van der Waals surface area contributed by atoms with Crippen LogP contribution in [-0.2, 0) is 6.54 Å². The Morgan fingerprint density at radius 2 is 2.00 bits per heavy atom. The van der Waals surface area contributed by atoms with Crippen LogP contribution in [0, 0.1) is 5.82 Å². The number of aromatic nitrogens is 1. The largest absolute Gasteiger partial charge is 0.456 e. The molecule has 0 saturated carbocycles. The van der Waals surface area contributed by atoms with Gasteiger partial charge in [-0.05, 0) is 30.3 Å². The van der Waals surface area contributed by atoms with Crippen LogP contribution in [0.4, 0.5) is 4.39 Å². The van der Waals surface area contributed by atoms with Crippen LogP contribution in [0.2, 0.25) is 5.02 Å². The molecule has 0 spiro atoms. The molecule has 3 aromatic rings. The van der Waals surface area contributed by atoms with Crippen LogP contribution in [0.5, 0.6) is 11.5 Å². The zero-order chi connectivity index (χ0) is 14.8. The molecule has 0 saturated heterocycles. The van der Waals surface area contributed by atoms with Crippen molar-refractivity contribution in [2.45, 2.75) is 6.54 Å². The Labute approximate surface area is 126 Å². The average Bonchev–Trinajstić information content (AvgIpc) is 2.47. The molecule has 3 rings (SSSR count). The van der Waals surface area contributed by atoms with Gasteiger partial charge in [0.2, 0.25) is 0 Å². The predicted molar refractivity (Wildman–Crippen MR) is 81.1 cm³/mol. The highest BCUT2D eigenvalue weighted by molar-refractivity contribution is 6.31. The molecule has 2 N–H and O–H groups in total. The minimum Gasteiger partial charge on any atom is -0.456 e. The van der Waals surface area contributed by atoms with Crippen LogP contribution < -0.4 is 10.5 Å². The number of hydrogen-bond acceptors (Lipinski definition) is 3. The highest BCUT2D eigenvalue weighted by Crippen LogP contribution is 2.30. The molecule has 0 unspecified atom stereocenters. The fourth-order valence-corrected chi connectivity index (χ4v) is 2.23. The van der Waals surface area contributed by atoms with Crippen LogP contribution in [0.1, 0.15) is 5.56 Å². The van der Waals surface area contributed by atoms with E-state index in [9.17, 15) is 4.39 Å². The lowest BCUT2D eigenvalue weighted by Crippen LogP contribution is -1.99. The van der Waals surface area contributed by atoms with Gasteiger partial charge in [0.15, 0.2) is 0 Å². The molecule has 0 radical (unpaired) electrons. The monoisotopic (exact) mass is 302 g/mol. The van der Waals surface area contributed by atoms with E-state index in [0.717, 1.165) is 10.9 Å². The topological polar surface area (TPSA) is 48.1 Å². The molecule has 0 atom stereocenters. The van der Waals surface area contributed by atoms with E-state index in [1.54, 1.807) is 36.5 Å². The number of halogens is 2. The van der Waals surface area contributed by atoms with E-state index in [1.807, 2.05) is 6.07 Å². The van der Waals surface area contributed by atoms with Gasteiger partial charge in [0, 0.05) is 34.8 Å². The Morgan fingerprint density at radius 1 is 1.14 bits per heavy atom. The van der Waals surface area contributed by atoms with Crippen LogP contribution in [0.15, 0.2) is 48.7 Å². The standard InChI is InChI=1S/C16H12ClFN2O/c17-11-2-4-13-15(7-11)20-6-5-16(13)21-12-3-1-10(9-19)14(18)8-12/h1-8H,9,19H2. The van der Waals surface area contributed by atoms with Crippen LogP contribution >= 0.6 is 11.6 Å². The number of benzene rings is 2. The van der Waals surface area contributed by atoms with Crippen LogP contribution in [0.25, 0.3) is 10.9 Å². The van der Waals surface area contributed by atoms with Gasteiger partial charge in [-0.1, -0.05) is 17.7 Å². The molecule has 3 nitrogen and oxygen atoms in total. The number of nitrogens with zero attached hydrogens (tertiary/aromatic N) is 1. The van der Waals surface area contributed by atoms with E-state index >= 15 is 0 Å². The van der Waals surface area contributed by atoms with Crippen molar-refractivity contribution in [1.82, 2.24) is 4.98 Å². The maximum Gasteiger partial charge on any atom is 0.138 e. The van der Waals surface area contributed by atoms with Crippen LogP contribution in [-0.4, -0.2) is 4.98 Å². The number of nitrogens with two attached hydrogens (primary N) is 1. The van der Waals surface area contributed by atoms with Gasteiger partial charge in [0.1, 0.15) is 17.3 Å². The molecule has 106 valence electrons. The van der Waals surface area contributed by atoms with E-state index in [1.165, 1.54) is 6.07 Å². The summed E-state index contributed by atoms with van der Waals surface area (Å²) in [4.78, 5) is 4.23. The van der Waals surface area contributed by atoms with Crippen molar-refractivity contribution >= 4 is 22.5 Å². The summed E-state index contributed by atoms with van der Waals surface area (Å²) >= 11 is 5.94. The average molecular weight is 303 g/mol. The molecular weight excluding hydrogens is 291 g/mol. The van der Waals surface area contributed by atoms with Crippen molar-refractivity contribution in [3.05, 3.63) is 65.1 Å². The molecule has 0 fully saturated rings. The van der Waals surface area contributed by atoms with Crippen molar-refractivity contribution in [3.8, 4) is 11.5 Å². The molecule has 0 aliphatic carbocycles. The number of hydrogen-bond donors (Lipinski definition) is 1. The summed E-state index contributed by atoms with van der Waals surface area (Å²) < 4.78 is 19.5. The van der Waals surface area contributed by atoms with Gasteiger partial charge in [-0.25, -0.2) is 4.39 Å². The lowest BCUT2D eigenvalue weighted by atomic mass is 10.2. The summed E-state index contributed by atoms with van der Waals surface area (Å²) in [5, 5.41) is 1.41. The van der Waals surface area contributed by atoms with Crippen LogP contribution in [0.3, 0.4) is 0 Å². The first-order valence-corrected chi connectivity index (χ1v) is 6.76. The predicted octanol–water partition coefficient (Wildman–Crippen LogP) is 4.28. The van der Waals surface area contributed by atoms with Gasteiger partial charge in [-0.3, -0.25) is 4.98 Å². The highest BCUT2D eigenvalue weighted by Gasteiger charge is 2.07. The summed E-state index contributed by atoms with van der Waals surface area (Å²) in [6, 6.07) is 11.7. The SMILES string of the molecule is NCc1ccc(Oc2ccnc3cc(Cl)ccc23)cc1F. The van der Waals surface area contributed by atoms with Gasteiger partial charge >= 0.3 is 0 Å². The minimum atomic E-state index is -0.378. The molecule has 1 aromatic heterocycles. The first-order valence-electron chi connectivity index (χ1n) is 6.38. The van der Waals surface area contributed by atoms with Gasteiger partial charge in [0.05, 0.1) is 5.52 Å². The maximum absolute atomic E-state index is 13.7. The van der Waals surface area contributed by atoms with E-state index in [0.29, 0.717) is 22.1 Å². The number of pyridine rings is 1. The van der Waals surface area contributed by atoms with Crippen molar-refractivity contribution in [3.63, 3.8) is 0 Å². The highest BCUT2D eigenvalue weighted by atomic mass is 35.5. The summed E-state index contributed by atoms with van der Waals surface area (Å²) in [7, 11) is 0. The third kappa shape index (κ3) is 2.82. The third-order valence-electron chi connectivity index (χ3n) is 3.14. The molecule has 0 bridgehead atoms. The van der Waals surface area contributed by atoms with Crippen molar-refractivity contribution in [2.75, 3.05) is 0 Å². The second-order valence-corrected chi connectivity index (χ2v) is 4.97. The fraction of sp³-hybridized carbons (Fsp3) is 0.0625. The lowest BCUT2D eigenvalue weighted by Gasteiger charge is -2.10. The van der Waals surface area contributed by atoms with Gasteiger partial charge in [-0.15, -0.1) is 0 Å². The van der Waals surface area contributed by atoms with Gasteiger partial charge in [0.25, 0.3) is 0 Å². The second-order valence-electron chi connectivity index (χ2n) is 4.53. The van der Waals surface area contributed by atoms with E-state index in [2.05, 4.69) is 4.98 Å². The first kappa shape index (κ1) is 13.8. The van der Waals surface area contributed by atoms with E-state index in [-0.39, 0.29) is 12.4 Å². The molecule has 21 heavy (non-hydrogen) atoms. The quantitative estimate of drug-likeness (QED) is 0.785. The third-order valence-corrected chi connectivity index (χ3v) is 3.37. The lowest BCUT2D eigenvalue weighted by molar-refractivity contribution is 0.480. The number of fused-ring (bicyclic) bond motifs is 1. The molecule has 2 aromatic carbocycles. The molecule has 5 heteroatoms. The summed E-state index contributed by atoms with van der Waals surface area (Å²) in [6.45, 7) is 0.156. The molecule has 0 aliphatic heterocycles. The van der Waals surface area contributed by atoms with Crippen molar-refractivity contribution in [1.29, 1.82) is 0 Å². The second kappa shape index (κ2) is 5.68. The molecule has 0 amide bonds. The number of ether oxygens (including phenoxy) is 1. The summed E-state index contributed by atoms with van der Waals surface area (Å²) in [5.41, 5.74) is 6.61. The van der Waals surface area contributed by atoms with E-state index in [4.69, 9.17) is 22.1 Å². The Balaban J connectivity index is 2.00. The zero-order valence-corrected chi connectivity index (χ0v) is 11.8. The maximum atomic E-state index is 13.7. The Morgan fingerprint density at radius 3 is 2.76 bits per heavy atom.